The number of rotatable bonds is 4. The highest BCUT2D eigenvalue weighted by atomic mass is 35.5. The molecule has 106 valence electrons. The van der Waals surface area contributed by atoms with Crippen molar-refractivity contribution in [2.24, 2.45) is 5.92 Å². The zero-order chi connectivity index (χ0) is 14.0. The minimum atomic E-state index is -3.63. The van der Waals surface area contributed by atoms with Gasteiger partial charge in [-0.25, -0.2) is 13.1 Å². The summed E-state index contributed by atoms with van der Waals surface area (Å²) >= 11 is 5.89. The van der Waals surface area contributed by atoms with E-state index in [0.717, 1.165) is 12.8 Å². The third-order valence-corrected chi connectivity index (χ3v) is 5.23. The van der Waals surface area contributed by atoms with Gasteiger partial charge in [0.2, 0.25) is 10.0 Å². The number of halogens is 1. The first-order chi connectivity index (χ1) is 8.88. The molecular formula is C12H17ClN2O3S. The fraction of sp³-hybridized carbons (Fsp3) is 0.500. The lowest BCUT2D eigenvalue weighted by Gasteiger charge is -2.12. The number of sulfonamides is 1. The van der Waals surface area contributed by atoms with Crippen LogP contribution in [0.3, 0.4) is 0 Å². The lowest BCUT2D eigenvalue weighted by Crippen LogP contribution is -2.29. The second-order valence-electron chi connectivity index (χ2n) is 4.87. The van der Waals surface area contributed by atoms with Crippen molar-refractivity contribution in [1.82, 2.24) is 4.72 Å². The van der Waals surface area contributed by atoms with E-state index in [4.69, 9.17) is 17.3 Å². The third-order valence-electron chi connectivity index (χ3n) is 3.32. The van der Waals surface area contributed by atoms with Crippen LogP contribution in [0.4, 0.5) is 5.69 Å². The number of nitrogens with one attached hydrogen (secondary N) is 1. The van der Waals surface area contributed by atoms with Crippen LogP contribution in [0.5, 0.6) is 0 Å². The predicted octanol–water partition coefficient (Wildman–Crippen LogP) is 1.36. The zero-order valence-corrected chi connectivity index (χ0v) is 11.9. The van der Waals surface area contributed by atoms with Gasteiger partial charge in [-0.1, -0.05) is 11.6 Å². The molecule has 4 N–H and O–H groups in total. The summed E-state index contributed by atoms with van der Waals surface area (Å²) in [7, 11) is -3.63. The van der Waals surface area contributed by atoms with Crippen molar-refractivity contribution in [2.45, 2.75) is 30.3 Å². The van der Waals surface area contributed by atoms with Gasteiger partial charge in [-0.15, -0.1) is 0 Å². The molecule has 1 aromatic carbocycles. The molecule has 19 heavy (non-hydrogen) atoms. The molecule has 0 radical (unpaired) electrons. The van der Waals surface area contributed by atoms with Crippen LogP contribution in [0, 0.1) is 5.92 Å². The molecule has 0 bridgehead atoms. The van der Waals surface area contributed by atoms with E-state index in [1.807, 2.05) is 0 Å². The molecule has 1 fully saturated rings. The Morgan fingerprint density at radius 2 is 2.16 bits per heavy atom. The summed E-state index contributed by atoms with van der Waals surface area (Å²) in [4.78, 5) is 0.0295. The van der Waals surface area contributed by atoms with E-state index in [-0.39, 0.29) is 21.9 Å². The average Bonchev–Trinajstić information content (AvgIpc) is 2.72. The molecule has 0 aromatic heterocycles. The van der Waals surface area contributed by atoms with Gasteiger partial charge in [0.25, 0.3) is 0 Å². The van der Waals surface area contributed by atoms with Crippen molar-refractivity contribution >= 4 is 27.3 Å². The van der Waals surface area contributed by atoms with Gasteiger partial charge < -0.3 is 10.8 Å². The Hall–Kier alpha value is -0.820. The minimum Gasteiger partial charge on any atom is -0.399 e. The fourth-order valence-corrected chi connectivity index (χ4v) is 3.94. The molecule has 0 spiro atoms. The van der Waals surface area contributed by atoms with E-state index >= 15 is 0 Å². The molecule has 0 amide bonds. The average molecular weight is 305 g/mol. The van der Waals surface area contributed by atoms with E-state index in [0.29, 0.717) is 18.7 Å². The lowest BCUT2D eigenvalue weighted by molar-refractivity contribution is 0.178. The van der Waals surface area contributed by atoms with Crippen molar-refractivity contribution in [1.29, 1.82) is 0 Å². The maximum atomic E-state index is 12.1. The molecule has 7 heteroatoms. The molecule has 0 aliphatic heterocycles. The van der Waals surface area contributed by atoms with Gasteiger partial charge in [-0.05, 0) is 43.4 Å². The first-order valence-electron chi connectivity index (χ1n) is 6.11. The first kappa shape index (κ1) is 14.6. The quantitative estimate of drug-likeness (QED) is 0.732. The van der Waals surface area contributed by atoms with Gasteiger partial charge >= 0.3 is 0 Å². The van der Waals surface area contributed by atoms with Gasteiger partial charge in [0.05, 0.1) is 11.1 Å². The largest absolute Gasteiger partial charge is 0.399 e. The topological polar surface area (TPSA) is 92.4 Å². The summed E-state index contributed by atoms with van der Waals surface area (Å²) in [5.41, 5.74) is 5.95. The molecule has 1 saturated carbocycles. The highest BCUT2D eigenvalue weighted by Gasteiger charge is 2.25. The molecule has 1 aromatic rings. The second kappa shape index (κ2) is 5.66. The number of nitrogen functional groups attached to an aromatic ring is 1. The first-order valence-corrected chi connectivity index (χ1v) is 7.97. The van der Waals surface area contributed by atoms with Crippen LogP contribution in [0.2, 0.25) is 5.02 Å². The minimum absolute atomic E-state index is 0.0295. The van der Waals surface area contributed by atoms with Crippen molar-refractivity contribution in [2.75, 3.05) is 12.3 Å². The van der Waals surface area contributed by atoms with Crippen molar-refractivity contribution in [3.63, 3.8) is 0 Å². The van der Waals surface area contributed by atoms with E-state index in [9.17, 15) is 13.5 Å². The number of aliphatic hydroxyl groups excluding tert-OH is 1. The Kier molecular flexibility index (Phi) is 4.35. The van der Waals surface area contributed by atoms with Crippen molar-refractivity contribution in [3.05, 3.63) is 23.2 Å². The maximum absolute atomic E-state index is 12.1. The smallest absolute Gasteiger partial charge is 0.242 e. The standard InChI is InChI=1S/C12H17ClN2O3S/c13-11-6-9(14)2-4-12(11)19(17,18)15-7-8-1-3-10(16)5-8/h2,4,6,8,10,15-16H,1,3,5,7,14H2. The van der Waals surface area contributed by atoms with Crippen LogP contribution in [-0.4, -0.2) is 26.2 Å². The van der Waals surface area contributed by atoms with Crippen LogP contribution in [0.15, 0.2) is 23.1 Å². The Balaban J connectivity index is 2.06. The molecule has 2 rings (SSSR count). The Morgan fingerprint density at radius 3 is 2.74 bits per heavy atom. The van der Waals surface area contributed by atoms with Crippen molar-refractivity contribution < 1.29 is 13.5 Å². The van der Waals surface area contributed by atoms with Gasteiger partial charge in [-0.3, -0.25) is 0 Å². The number of anilines is 1. The van der Waals surface area contributed by atoms with Crippen LogP contribution in [-0.2, 0) is 10.0 Å². The molecular weight excluding hydrogens is 288 g/mol. The number of nitrogens with two attached hydrogens (primary N) is 1. The summed E-state index contributed by atoms with van der Waals surface area (Å²) in [5, 5.41) is 9.52. The molecule has 2 atom stereocenters. The lowest BCUT2D eigenvalue weighted by atomic mass is 10.1. The maximum Gasteiger partial charge on any atom is 0.242 e. The summed E-state index contributed by atoms with van der Waals surface area (Å²) in [6.45, 7) is 0.320. The summed E-state index contributed by atoms with van der Waals surface area (Å²) in [6, 6.07) is 4.30. The molecule has 1 aliphatic rings. The van der Waals surface area contributed by atoms with Crippen molar-refractivity contribution in [3.8, 4) is 0 Å². The highest BCUT2D eigenvalue weighted by Crippen LogP contribution is 2.26. The highest BCUT2D eigenvalue weighted by molar-refractivity contribution is 7.89. The Bertz CT molecular complexity index is 562. The second-order valence-corrected chi connectivity index (χ2v) is 7.02. The number of hydrogen-bond acceptors (Lipinski definition) is 4. The SMILES string of the molecule is Nc1ccc(S(=O)(=O)NCC2CCC(O)C2)c(Cl)c1. The monoisotopic (exact) mass is 304 g/mol. The van der Waals surface area contributed by atoms with E-state index in [2.05, 4.69) is 4.72 Å². The van der Waals surface area contributed by atoms with Crippen LogP contribution >= 0.6 is 11.6 Å². The normalized spacial score (nSPS) is 23.7. The van der Waals surface area contributed by atoms with Crippen LogP contribution in [0.1, 0.15) is 19.3 Å². The molecule has 1 aliphatic carbocycles. The van der Waals surface area contributed by atoms with Gasteiger partial charge in [0, 0.05) is 12.2 Å². The number of benzene rings is 1. The molecule has 5 nitrogen and oxygen atoms in total. The van der Waals surface area contributed by atoms with Crippen LogP contribution < -0.4 is 10.5 Å². The van der Waals surface area contributed by atoms with Gasteiger partial charge in [-0.2, -0.15) is 0 Å². The predicted molar refractivity (Wildman–Crippen MR) is 74.4 cm³/mol. The van der Waals surface area contributed by atoms with Gasteiger partial charge in [0.1, 0.15) is 4.90 Å². The summed E-state index contributed by atoms with van der Waals surface area (Å²) in [5.74, 6) is 0.178. The number of hydrogen-bond donors (Lipinski definition) is 3. The zero-order valence-electron chi connectivity index (χ0n) is 10.3. The molecule has 0 saturated heterocycles. The van der Waals surface area contributed by atoms with Gasteiger partial charge in [0.15, 0.2) is 0 Å². The van der Waals surface area contributed by atoms with E-state index < -0.39 is 10.0 Å². The van der Waals surface area contributed by atoms with Crippen LogP contribution in [0.25, 0.3) is 0 Å². The fourth-order valence-electron chi connectivity index (χ4n) is 2.27. The number of aliphatic hydroxyl groups is 1. The Morgan fingerprint density at radius 1 is 1.42 bits per heavy atom. The Labute approximate surface area is 117 Å². The molecule has 2 unspecified atom stereocenters. The van der Waals surface area contributed by atoms with E-state index in [1.165, 1.54) is 18.2 Å². The molecule has 0 heterocycles. The van der Waals surface area contributed by atoms with E-state index in [1.54, 1.807) is 0 Å². The third kappa shape index (κ3) is 3.60. The summed E-state index contributed by atoms with van der Waals surface area (Å²) < 4.78 is 26.7. The summed E-state index contributed by atoms with van der Waals surface area (Å²) in [6.07, 6.45) is 1.89.